The second-order valence-electron chi connectivity index (χ2n) is 4.92. The molecule has 0 fully saturated rings. The lowest BCUT2D eigenvalue weighted by atomic mass is 9.82. The van der Waals surface area contributed by atoms with Crippen LogP contribution in [0.3, 0.4) is 0 Å². The highest BCUT2D eigenvalue weighted by atomic mass is 35.5. The third-order valence-corrected chi connectivity index (χ3v) is 3.95. The molecule has 0 aliphatic heterocycles. The molecular weight excluding hydrogens is 268 g/mol. The molecule has 0 aliphatic carbocycles. The van der Waals surface area contributed by atoms with E-state index in [2.05, 4.69) is 13.0 Å². The highest BCUT2D eigenvalue weighted by Gasteiger charge is 2.19. The van der Waals surface area contributed by atoms with Crippen LogP contribution in [-0.2, 0) is 0 Å². The van der Waals surface area contributed by atoms with Gasteiger partial charge in [-0.05, 0) is 47.9 Å². The van der Waals surface area contributed by atoms with Crippen LogP contribution in [0.1, 0.15) is 35.4 Å². The van der Waals surface area contributed by atoms with Gasteiger partial charge in [0, 0.05) is 10.9 Å². The van der Waals surface area contributed by atoms with E-state index >= 15 is 0 Å². The summed E-state index contributed by atoms with van der Waals surface area (Å²) in [6.45, 7) is 2.69. The van der Waals surface area contributed by atoms with Gasteiger partial charge in [0.25, 0.3) is 0 Å². The Morgan fingerprint density at radius 3 is 2.45 bits per heavy atom. The van der Waals surface area contributed by atoms with E-state index < -0.39 is 0 Å². The fourth-order valence-electron chi connectivity index (χ4n) is 2.47. The van der Waals surface area contributed by atoms with E-state index in [1.807, 2.05) is 48.5 Å². The van der Waals surface area contributed by atoms with Gasteiger partial charge in [0.05, 0.1) is 11.6 Å². The molecule has 2 aromatic carbocycles. The minimum atomic E-state index is 0.185. The predicted molar refractivity (Wildman–Crippen MR) is 82.8 cm³/mol. The standard InChI is InChI=1S/C17H17ClN2/c1-12(14-5-7-16(18)8-6-14)17(11-20)15-4-2-3-13(9-15)10-19/h2-9,12,17H,11,20H2,1H3/t12-,17+/m1/s1. The van der Waals surface area contributed by atoms with Gasteiger partial charge < -0.3 is 5.73 Å². The average Bonchev–Trinajstić information content (AvgIpc) is 2.49. The lowest BCUT2D eigenvalue weighted by Crippen LogP contribution is -2.18. The highest BCUT2D eigenvalue weighted by molar-refractivity contribution is 6.30. The van der Waals surface area contributed by atoms with Crippen molar-refractivity contribution in [2.45, 2.75) is 18.8 Å². The van der Waals surface area contributed by atoms with E-state index in [0.29, 0.717) is 12.1 Å². The summed E-state index contributed by atoms with van der Waals surface area (Å²) in [7, 11) is 0. The molecule has 2 nitrogen and oxygen atoms in total. The lowest BCUT2D eigenvalue weighted by Gasteiger charge is -2.23. The zero-order valence-corrected chi connectivity index (χ0v) is 12.1. The Hall–Kier alpha value is -1.82. The molecule has 0 radical (unpaired) electrons. The summed E-state index contributed by atoms with van der Waals surface area (Å²) in [5, 5.41) is 9.74. The van der Waals surface area contributed by atoms with Crippen molar-refractivity contribution in [1.29, 1.82) is 5.26 Å². The number of nitrogens with zero attached hydrogens (tertiary/aromatic N) is 1. The maximum Gasteiger partial charge on any atom is 0.0991 e. The smallest absolute Gasteiger partial charge is 0.0991 e. The molecule has 0 spiro atoms. The van der Waals surface area contributed by atoms with Gasteiger partial charge in [-0.2, -0.15) is 5.26 Å². The molecule has 0 heterocycles. The van der Waals surface area contributed by atoms with E-state index in [4.69, 9.17) is 22.6 Å². The summed E-state index contributed by atoms with van der Waals surface area (Å²) in [6.07, 6.45) is 0. The third kappa shape index (κ3) is 3.19. The van der Waals surface area contributed by atoms with Crippen LogP contribution in [0.15, 0.2) is 48.5 Å². The molecule has 0 aromatic heterocycles. The van der Waals surface area contributed by atoms with Crippen molar-refractivity contribution in [2.24, 2.45) is 5.73 Å². The number of rotatable bonds is 4. The van der Waals surface area contributed by atoms with Crippen molar-refractivity contribution < 1.29 is 0 Å². The van der Waals surface area contributed by atoms with Gasteiger partial charge in [-0.3, -0.25) is 0 Å². The van der Waals surface area contributed by atoms with Crippen LogP contribution in [0.2, 0.25) is 5.02 Å². The van der Waals surface area contributed by atoms with E-state index in [-0.39, 0.29) is 11.8 Å². The molecule has 0 aliphatic rings. The van der Waals surface area contributed by atoms with Gasteiger partial charge >= 0.3 is 0 Å². The van der Waals surface area contributed by atoms with Gasteiger partial charge in [0.2, 0.25) is 0 Å². The first-order chi connectivity index (χ1) is 9.65. The molecule has 102 valence electrons. The minimum absolute atomic E-state index is 0.185. The van der Waals surface area contributed by atoms with Crippen LogP contribution in [0.5, 0.6) is 0 Å². The Balaban J connectivity index is 2.31. The zero-order valence-electron chi connectivity index (χ0n) is 11.4. The first-order valence-corrected chi connectivity index (χ1v) is 6.99. The van der Waals surface area contributed by atoms with Gasteiger partial charge in [-0.1, -0.05) is 42.8 Å². The van der Waals surface area contributed by atoms with Crippen LogP contribution in [0.25, 0.3) is 0 Å². The van der Waals surface area contributed by atoms with Crippen LogP contribution in [0, 0.1) is 11.3 Å². The van der Waals surface area contributed by atoms with Crippen molar-refractivity contribution in [2.75, 3.05) is 6.54 Å². The summed E-state index contributed by atoms with van der Waals surface area (Å²) in [5.41, 5.74) is 8.93. The molecule has 0 amide bonds. The SMILES string of the molecule is C[C@H](c1ccc(Cl)cc1)[C@H](CN)c1cccc(C#N)c1. The molecule has 0 saturated heterocycles. The molecular formula is C17H17ClN2. The van der Waals surface area contributed by atoms with Gasteiger partial charge in [0.15, 0.2) is 0 Å². The fraction of sp³-hybridized carbons (Fsp3) is 0.235. The molecule has 3 heteroatoms. The average molecular weight is 285 g/mol. The van der Waals surface area contributed by atoms with Crippen molar-refractivity contribution in [3.63, 3.8) is 0 Å². The first kappa shape index (κ1) is 14.6. The first-order valence-electron chi connectivity index (χ1n) is 6.61. The van der Waals surface area contributed by atoms with E-state index in [0.717, 1.165) is 10.6 Å². The van der Waals surface area contributed by atoms with Crippen molar-refractivity contribution in [1.82, 2.24) is 0 Å². The second-order valence-corrected chi connectivity index (χ2v) is 5.36. The number of nitrogens with two attached hydrogens (primary N) is 1. The number of hydrogen-bond donors (Lipinski definition) is 1. The number of nitriles is 1. The zero-order chi connectivity index (χ0) is 14.5. The molecule has 2 aromatic rings. The number of benzene rings is 2. The monoisotopic (exact) mass is 284 g/mol. The minimum Gasteiger partial charge on any atom is -0.330 e. The van der Waals surface area contributed by atoms with E-state index in [9.17, 15) is 0 Å². The number of hydrogen-bond acceptors (Lipinski definition) is 2. The molecule has 0 unspecified atom stereocenters. The van der Waals surface area contributed by atoms with Crippen LogP contribution < -0.4 is 5.73 Å². The Morgan fingerprint density at radius 2 is 1.85 bits per heavy atom. The molecule has 2 N–H and O–H groups in total. The van der Waals surface area contributed by atoms with Gasteiger partial charge in [-0.15, -0.1) is 0 Å². The Bertz CT molecular complexity index is 614. The van der Waals surface area contributed by atoms with Crippen LogP contribution >= 0.6 is 11.6 Å². The maximum atomic E-state index is 9.01. The largest absolute Gasteiger partial charge is 0.330 e. The van der Waals surface area contributed by atoms with Crippen LogP contribution in [0.4, 0.5) is 0 Å². The predicted octanol–water partition coefficient (Wildman–Crippen LogP) is 4.06. The lowest BCUT2D eigenvalue weighted by molar-refractivity contribution is 0.584. The highest BCUT2D eigenvalue weighted by Crippen LogP contribution is 2.32. The quantitative estimate of drug-likeness (QED) is 0.920. The summed E-state index contributed by atoms with van der Waals surface area (Å²) in [5.74, 6) is 0.454. The summed E-state index contributed by atoms with van der Waals surface area (Å²) < 4.78 is 0. The Kier molecular flexibility index (Phi) is 4.79. The Morgan fingerprint density at radius 1 is 1.15 bits per heavy atom. The van der Waals surface area contributed by atoms with Crippen molar-refractivity contribution in [3.05, 3.63) is 70.2 Å². The Labute approximate surface area is 124 Å². The van der Waals surface area contributed by atoms with E-state index in [1.54, 1.807) is 0 Å². The second kappa shape index (κ2) is 6.56. The summed E-state index contributed by atoms with van der Waals surface area (Å²) >= 11 is 5.93. The van der Waals surface area contributed by atoms with Crippen LogP contribution in [-0.4, -0.2) is 6.54 Å². The van der Waals surface area contributed by atoms with Gasteiger partial charge in [-0.25, -0.2) is 0 Å². The topological polar surface area (TPSA) is 49.8 Å². The summed E-state index contributed by atoms with van der Waals surface area (Å²) in [4.78, 5) is 0. The maximum absolute atomic E-state index is 9.01. The van der Waals surface area contributed by atoms with Crippen molar-refractivity contribution >= 4 is 11.6 Å². The summed E-state index contributed by atoms with van der Waals surface area (Å²) in [6, 6.07) is 17.7. The fourth-order valence-corrected chi connectivity index (χ4v) is 2.59. The molecule has 2 rings (SSSR count). The van der Waals surface area contributed by atoms with Crippen molar-refractivity contribution in [3.8, 4) is 6.07 Å². The molecule has 0 bridgehead atoms. The van der Waals surface area contributed by atoms with E-state index in [1.165, 1.54) is 5.56 Å². The number of halogens is 1. The molecule has 2 atom stereocenters. The molecule has 20 heavy (non-hydrogen) atoms. The third-order valence-electron chi connectivity index (χ3n) is 3.70. The normalized spacial score (nSPS) is 13.5. The van der Waals surface area contributed by atoms with Gasteiger partial charge in [0.1, 0.15) is 0 Å². The molecule has 0 saturated carbocycles.